The number of carboxylic acids is 1. The second kappa shape index (κ2) is 7.73. The maximum absolute atomic E-state index is 13.2. The number of epoxide rings is 1. The SMILES string of the molecule is CN1C(=O)C(C)(C)c2cc(N3C=C(C(=O)O)C(=O)N(Cc4cccc(Cl)c4Cl)C4OC43)ccc21. The van der Waals surface area contributed by atoms with Crippen LogP contribution in [0.15, 0.2) is 48.2 Å². The van der Waals surface area contributed by atoms with Gasteiger partial charge < -0.3 is 24.5 Å². The number of rotatable bonds is 4. The molecule has 2 unspecified atom stereocenters. The largest absolute Gasteiger partial charge is 0.477 e. The van der Waals surface area contributed by atoms with Crippen LogP contribution in [0.1, 0.15) is 25.0 Å². The van der Waals surface area contributed by atoms with Crippen LogP contribution in [0, 0.1) is 0 Å². The van der Waals surface area contributed by atoms with E-state index in [9.17, 15) is 19.5 Å². The fourth-order valence-corrected chi connectivity index (χ4v) is 4.95. The first-order valence-corrected chi connectivity index (χ1v) is 11.3. The highest BCUT2D eigenvalue weighted by Gasteiger charge is 2.53. The molecule has 0 saturated carbocycles. The number of carbonyl (C=O) groups is 3. The van der Waals surface area contributed by atoms with Gasteiger partial charge >= 0.3 is 5.97 Å². The van der Waals surface area contributed by atoms with Crippen LogP contribution in [0.5, 0.6) is 0 Å². The van der Waals surface area contributed by atoms with Crippen molar-refractivity contribution in [3.8, 4) is 0 Å². The summed E-state index contributed by atoms with van der Waals surface area (Å²) in [5.74, 6) is -2.07. The van der Waals surface area contributed by atoms with Crippen LogP contribution in [-0.2, 0) is 31.1 Å². The van der Waals surface area contributed by atoms with E-state index >= 15 is 0 Å². The number of halogens is 2. The molecule has 1 fully saturated rings. The third-order valence-electron chi connectivity index (χ3n) is 6.54. The van der Waals surface area contributed by atoms with Crippen molar-refractivity contribution in [1.29, 1.82) is 0 Å². The van der Waals surface area contributed by atoms with Gasteiger partial charge in [-0.25, -0.2) is 4.79 Å². The zero-order chi connectivity index (χ0) is 24.5. The fourth-order valence-electron chi connectivity index (χ4n) is 4.57. The first-order chi connectivity index (χ1) is 16.0. The molecular weight excluding hydrogens is 481 g/mol. The van der Waals surface area contributed by atoms with Gasteiger partial charge in [0.1, 0.15) is 5.57 Å². The normalized spacial score (nSPS) is 22.9. The second-order valence-electron chi connectivity index (χ2n) is 9.01. The first kappa shape index (κ1) is 22.7. The third-order valence-corrected chi connectivity index (χ3v) is 7.40. The third kappa shape index (κ3) is 3.36. The minimum Gasteiger partial charge on any atom is -0.477 e. The van der Waals surface area contributed by atoms with Crippen LogP contribution < -0.4 is 9.80 Å². The van der Waals surface area contributed by atoms with E-state index in [1.165, 1.54) is 11.1 Å². The Morgan fingerprint density at radius 1 is 1.15 bits per heavy atom. The van der Waals surface area contributed by atoms with Gasteiger partial charge in [-0.15, -0.1) is 0 Å². The van der Waals surface area contributed by atoms with Gasteiger partial charge in [0.15, 0.2) is 12.5 Å². The van der Waals surface area contributed by atoms with Gasteiger partial charge in [0.25, 0.3) is 5.91 Å². The Balaban J connectivity index is 1.53. The van der Waals surface area contributed by atoms with E-state index in [1.807, 2.05) is 26.0 Å². The molecule has 34 heavy (non-hydrogen) atoms. The number of aliphatic carboxylic acids is 1. The highest BCUT2D eigenvalue weighted by atomic mass is 35.5. The van der Waals surface area contributed by atoms with Crippen LogP contribution in [0.4, 0.5) is 11.4 Å². The number of fused-ring (bicyclic) bond motifs is 2. The summed E-state index contributed by atoms with van der Waals surface area (Å²) >= 11 is 12.4. The summed E-state index contributed by atoms with van der Waals surface area (Å²) in [4.78, 5) is 42.5. The second-order valence-corrected chi connectivity index (χ2v) is 9.79. The molecule has 2 aromatic carbocycles. The van der Waals surface area contributed by atoms with Crippen molar-refractivity contribution in [2.24, 2.45) is 0 Å². The molecule has 176 valence electrons. The number of carbonyl (C=O) groups excluding carboxylic acids is 2. The topological polar surface area (TPSA) is 93.7 Å². The van der Waals surface area contributed by atoms with Gasteiger partial charge in [0, 0.05) is 24.6 Å². The molecule has 1 N–H and O–H groups in total. The van der Waals surface area contributed by atoms with E-state index in [0.29, 0.717) is 21.3 Å². The van der Waals surface area contributed by atoms with Crippen LogP contribution in [0.3, 0.4) is 0 Å². The summed E-state index contributed by atoms with van der Waals surface area (Å²) in [6.45, 7) is 3.73. The maximum Gasteiger partial charge on any atom is 0.342 e. The predicted molar refractivity (Wildman–Crippen MR) is 127 cm³/mol. The number of benzene rings is 2. The van der Waals surface area contributed by atoms with Gasteiger partial charge in [0.05, 0.1) is 22.0 Å². The summed E-state index contributed by atoms with van der Waals surface area (Å²) in [5.41, 5.74) is 1.67. The molecule has 5 rings (SSSR count). The number of hydrogen-bond acceptors (Lipinski definition) is 5. The van der Waals surface area contributed by atoms with E-state index in [1.54, 1.807) is 41.1 Å². The van der Waals surface area contributed by atoms with Crippen LogP contribution in [0.2, 0.25) is 10.0 Å². The predicted octanol–water partition coefficient (Wildman–Crippen LogP) is 3.75. The Kier molecular flexibility index (Phi) is 5.16. The average Bonchev–Trinajstić information content (AvgIpc) is 3.56. The molecular formula is C24H21Cl2N3O5. The highest BCUT2D eigenvalue weighted by molar-refractivity contribution is 6.42. The van der Waals surface area contributed by atoms with Crippen molar-refractivity contribution in [2.75, 3.05) is 16.8 Å². The molecule has 8 nitrogen and oxygen atoms in total. The molecule has 0 spiro atoms. The number of nitrogens with zero attached hydrogens (tertiary/aromatic N) is 3. The molecule has 2 amide bonds. The van der Waals surface area contributed by atoms with E-state index < -0.39 is 35.3 Å². The van der Waals surface area contributed by atoms with Crippen molar-refractivity contribution < 1.29 is 24.2 Å². The minimum absolute atomic E-state index is 0.0300. The van der Waals surface area contributed by atoms with Crippen molar-refractivity contribution in [3.63, 3.8) is 0 Å². The monoisotopic (exact) mass is 501 g/mol. The summed E-state index contributed by atoms with van der Waals surface area (Å²) in [5, 5.41) is 10.4. The van der Waals surface area contributed by atoms with Gasteiger partial charge in [-0.1, -0.05) is 35.3 Å². The number of hydrogen-bond donors (Lipinski definition) is 1. The molecule has 3 aliphatic rings. The Morgan fingerprint density at radius 3 is 2.59 bits per heavy atom. The van der Waals surface area contributed by atoms with Gasteiger partial charge in [-0.05, 0) is 49.2 Å². The van der Waals surface area contributed by atoms with E-state index in [2.05, 4.69) is 0 Å². The molecule has 2 atom stereocenters. The molecule has 2 aromatic rings. The summed E-state index contributed by atoms with van der Waals surface area (Å²) in [7, 11) is 1.72. The lowest BCUT2D eigenvalue weighted by Crippen LogP contribution is -2.36. The van der Waals surface area contributed by atoms with Gasteiger partial charge in [-0.3, -0.25) is 9.59 Å². The molecule has 0 radical (unpaired) electrons. The molecule has 10 heteroatoms. The summed E-state index contributed by atoms with van der Waals surface area (Å²) in [6.07, 6.45) is 0.0281. The molecule has 3 aliphatic heterocycles. The maximum atomic E-state index is 13.2. The number of likely N-dealkylation sites (N-methyl/N-ethyl adjacent to an activating group) is 1. The van der Waals surface area contributed by atoms with E-state index in [0.717, 1.165) is 11.3 Å². The zero-order valence-electron chi connectivity index (χ0n) is 18.6. The van der Waals surface area contributed by atoms with E-state index in [4.69, 9.17) is 27.9 Å². The standard InChI is InChI=1S/C24H21Cl2N3O5/c1-24(2)15-9-13(7-8-17(15)27(3)23(24)33)28-11-14(22(31)32)19(30)29(21-20(28)34-21)10-12-5-4-6-16(25)18(12)26/h4-9,11,20-21H,10H2,1-3H3,(H,31,32). The Morgan fingerprint density at radius 2 is 1.88 bits per heavy atom. The summed E-state index contributed by atoms with van der Waals surface area (Å²) < 4.78 is 5.83. The highest BCUT2D eigenvalue weighted by Crippen LogP contribution is 2.45. The number of amides is 2. The lowest BCUT2D eigenvalue weighted by Gasteiger charge is -2.21. The van der Waals surface area contributed by atoms with Crippen LogP contribution in [0.25, 0.3) is 0 Å². The average molecular weight is 502 g/mol. The Hall–Kier alpha value is -3.07. The Bertz CT molecular complexity index is 1290. The molecule has 1 saturated heterocycles. The van der Waals surface area contributed by atoms with Crippen LogP contribution >= 0.6 is 23.2 Å². The molecule has 0 aliphatic carbocycles. The Labute approximate surface area is 205 Å². The van der Waals surface area contributed by atoms with Crippen molar-refractivity contribution in [1.82, 2.24) is 4.90 Å². The fraction of sp³-hybridized carbons (Fsp3) is 0.292. The van der Waals surface area contributed by atoms with Crippen molar-refractivity contribution in [3.05, 3.63) is 69.3 Å². The number of ether oxygens (including phenoxy) is 1. The number of carboxylic acid groups (broad SMARTS) is 1. The van der Waals surface area contributed by atoms with Gasteiger partial charge in [0.2, 0.25) is 5.91 Å². The number of anilines is 2. The van der Waals surface area contributed by atoms with Crippen LogP contribution in [-0.4, -0.2) is 47.3 Å². The lowest BCUT2D eigenvalue weighted by molar-refractivity contribution is -0.138. The van der Waals surface area contributed by atoms with Crippen molar-refractivity contribution >= 4 is 52.4 Å². The molecule has 0 aromatic heterocycles. The summed E-state index contributed by atoms with van der Waals surface area (Å²) in [6, 6.07) is 10.5. The molecule has 3 heterocycles. The van der Waals surface area contributed by atoms with Crippen molar-refractivity contribution in [2.45, 2.75) is 38.3 Å². The minimum atomic E-state index is -1.35. The van der Waals surface area contributed by atoms with Gasteiger partial charge in [-0.2, -0.15) is 0 Å². The zero-order valence-corrected chi connectivity index (χ0v) is 20.1. The quantitative estimate of drug-likeness (QED) is 0.506. The van der Waals surface area contributed by atoms with E-state index in [-0.39, 0.29) is 12.5 Å². The first-order valence-electron chi connectivity index (χ1n) is 10.6. The molecule has 0 bridgehead atoms. The smallest absolute Gasteiger partial charge is 0.342 e. The lowest BCUT2D eigenvalue weighted by atomic mass is 9.86.